The lowest BCUT2D eigenvalue weighted by Crippen LogP contribution is -2.29. The standard InChI is InChI=1S/C14H19N5O2/c1-10-3-4-13(21-2)11(5-10)8-19-9-12(17-18-19)7-16-14(20)6-15/h3-5,9H,6-8,15H2,1-2H3,(H,16,20). The minimum absolute atomic E-state index is 0.0331. The first-order chi connectivity index (χ1) is 10.1. The molecule has 2 rings (SSSR count). The van der Waals surface area contributed by atoms with Gasteiger partial charge in [0.1, 0.15) is 11.4 Å². The summed E-state index contributed by atoms with van der Waals surface area (Å²) in [6.07, 6.45) is 1.79. The number of benzene rings is 1. The first kappa shape index (κ1) is 15.0. The topological polar surface area (TPSA) is 95.1 Å². The Kier molecular flexibility index (Phi) is 4.89. The van der Waals surface area contributed by atoms with E-state index in [1.165, 1.54) is 0 Å². The van der Waals surface area contributed by atoms with E-state index in [0.717, 1.165) is 16.9 Å². The number of amides is 1. The zero-order valence-corrected chi connectivity index (χ0v) is 12.2. The highest BCUT2D eigenvalue weighted by Gasteiger charge is 2.07. The van der Waals surface area contributed by atoms with E-state index in [4.69, 9.17) is 10.5 Å². The molecule has 0 aliphatic rings. The van der Waals surface area contributed by atoms with Crippen molar-refractivity contribution in [2.75, 3.05) is 13.7 Å². The van der Waals surface area contributed by atoms with E-state index in [-0.39, 0.29) is 12.5 Å². The summed E-state index contributed by atoms with van der Waals surface area (Å²) >= 11 is 0. The zero-order chi connectivity index (χ0) is 15.2. The predicted octanol–water partition coefficient (Wildman–Crippen LogP) is 0.218. The van der Waals surface area contributed by atoms with Gasteiger partial charge in [0.15, 0.2) is 0 Å². The molecule has 112 valence electrons. The number of rotatable bonds is 6. The number of hydrogen-bond acceptors (Lipinski definition) is 5. The number of ether oxygens (including phenoxy) is 1. The molecule has 0 saturated heterocycles. The van der Waals surface area contributed by atoms with Gasteiger partial charge in [0, 0.05) is 5.56 Å². The van der Waals surface area contributed by atoms with Gasteiger partial charge in [0.25, 0.3) is 0 Å². The molecule has 0 aliphatic carbocycles. The molecular formula is C14H19N5O2. The van der Waals surface area contributed by atoms with E-state index < -0.39 is 0 Å². The summed E-state index contributed by atoms with van der Waals surface area (Å²) in [6.45, 7) is 2.87. The average molecular weight is 289 g/mol. The minimum Gasteiger partial charge on any atom is -0.496 e. The van der Waals surface area contributed by atoms with Crippen LogP contribution in [0, 0.1) is 6.92 Å². The highest BCUT2D eigenvalue weighted by Crippen LogP contribution is 2.20. The van der Waals surface area contributed by atoms with Crippen molar-refractivity contribution >= 4 is 5.91 Å². The maximum absolute atomic E-state index is 11.1. The van der Waals surface area contributed by atoms with Crippen LogP contribution in [0.15, 0.2) is 24.4 Å². The Balaban J connectivity index is 2.05. The van der Waals surface area contributed by atoms with Crippen molar-refractivity contribution in [3.05, 3.63) is 41.2 Å². The van der Waals surface area contributed by atoms with Gasteiger partial charge < -0.3 is 15.8 Å². The largest absolute Gasteiger partial charge is 0.496 e. The van der Waals surface area contributed by atoms with Crippen molar-refractivity contribution < 1.29 is 9.53 Å². The lowest BCUT2D eigenvalue weighted by molar-refractivity contribution is -0.119. The first-order valence-corrected chi connectivity index (χ1v) is 6.61. The van der Waals surface area contributed by atoms with Crippen molar-refractivity contribution in [3.8, 4) is 5.75 Å². The third kappa shape index (κ3) is 4.03. The molecule has 2 aromatic rings. The van der Waals surface area contributed by atoms with Gasteiger partial charge in [-0.25, -0.2) is 4.68 Å². The molecule has 1 aromatic heterocycles. The third-order valence-electron chi connectivity index (χ3n) is 3.01. The van der Waals surface area contributed by atoms with Crippen molar-refractivity contribution in [2.45, 2.75) is 20.0 Å². The van der Waals surface area contributed by atoms with Crippen LogP contribution in [0.3, 0.4) is 0 Å². The Morgan fingerprint density at radius 2 is 2.29 bits per heavy atom. The summed E-state index contributed by atoms with van der Waals surface area (Å²) in [7, 11) is 1.64. The average Bonchev–Trinajstić information content (AvgIpc) is 2.92. The molecule has 0 saturated carbocycles. The fraction of sp³-hybridized carbons (Fsp3) is 0.357. The molecular weight excluding hydrogens is 270 g/mol. The molecule has 1 heterocycles. The van der Waals surface area contributed by atoms with Crippen LogP contribution < -0.4 is 15.8 Å². The van der Waals surface area contributed by atoms with Crippen molar-refractivity contribution in [1.29, 1.82) is 0 Å². The Bertz CT molecular complexity index is 624. The number of nitrogens with one attached hydrogen (secondary N) is 1. The van der Waals surface area contributed by atoms with Crippen LogP contribution in [-0.4, -0.2) is 34.6 Å². The molecule has 0 atom stereocenters. The minimum atomic E-state index is -0.218. The zero-order valence-electron chi connectivity index (χ0n) is 12.2. The number of carbonyl (C=O) groups is 1. The van der Waals surface area contributed by atoms with E-state index in [1.54, 1.807) is 18.0 Å². The van der Waals surface area contributed by atoms with Gasteiger partial charge in [0.05, 0.1) is 32.9 Å². The van der Waals surface area contributed by atoms with Crippen LogP contribution in [-0.2, 0) is 17.9 Å². The second kappa shape index (κ2) is 6.85. The summed E-state index contributed by atoms with van der Waals surface area (Å²) in [5.41, 5.74) is 8.09. The molecule has 0 bridgehead atoms. The lowest BCUT2D eigenvalue weighted by atomic mass is 10.1. The quantitative estimate of drug-likeness (QED) is 0.793. The van der Waals surface area contributed by atoms with Crippen LogP contribution in [0.25, 0.3) is 0 Å². The number of aromatic nitrogens is 3. The lowest BCUT2D eigenvalue weighted by Gasteiger charge is -2.09. The van der Waals surface area contributed by atoms with E-state index in [2.05, 4.69) is 21.7 Å². The Hall–Kier alpha value is -2.41. The molecule has 7 nitrogen and oxygen atoms in total. The normalized spacial score (nSPS) is 10.4. The Morgan fingerprint density at radius 1 is 1.48 bits per heavy atom. The van der Waals surface area contributed by atoms with E-state index >= 15 is 0 Å². The Morgan fingerprint density at radius 3 is 3.00 bits per heavy atom. The fourth-order valence-corrected chi connectivity index (χ4v) is 1.96. The van der Waals surface area contributed by atoms with Gasteiger partial charge in [-0.2, -0.15) is 0 Å². The van der Waals surface area contributed by atoms with E-state index in [9.17, 15) is 4.79 Å². The molecule has 21 heavy (non-hydrogen) atoms. The SMILES string of the molecule is COc1ccc(C)cc1Cn1cc(CNC(=O)CN)nn1. The number of aryl methyl sites for hydroxylation is 1. The highest BCUT2D eigenvalue weighted by molar-refractivity contribution is 5.77. The van der Waals surface area contributed by atoms with Gasteiger partial charge in [0.2, 0.25) is 5.91 Å². The highest BCUT2D eigenvalue weighted by atomic mass is 16.5. The van der Waals surface area contributed by atoms with Crippen LogP contribution in [0.4, 0.5) is 0 Å². The molecule has 0 fully saturated rings. The van der Waals surface area contributed by atoms with Crippen molar-refractivity contribution in [2.24, 2.45) is 5.73 Å². The van der Waals surface area contributed by atoms with Gasteiger partial charge in [-0.3, -0.25) is 4.79 Å². The van der Waals surface area contributed by atoms with Crippen LogP contribution in [0.5, 0.6) is 5.75 Å². The Labute approximate surface area is 123 Å². The van der Waals surface area contributed by atoms with Crippen molar-refractivity contribution in [3.63, 3.8) is 0 Å². The molecule has 1 aromatic carbocycles. The number of carbonyl (C=O) groups excluding carboxylic acids is 1. The van der Waals surface area contributed by atoms with Crippen LogP contribution >= 0.6 is 0 Å². The van der Waals surface area contributed by atoms with E-state index in [1.807, 2.05) is 19.1 Å². The molecule has 7 heteroatoms. The summed E-state index contributed by atoms with van der Waals surface area (Å²) < 4.78 is 7.05. The number of methoxy groups -OCH3 is 1. The smallest absolute Gasteiger partial charge is 0.234 e. The molecule has 0 unspecified atom stereocenters. The second-order valence-corrected chi connectivity index (χ2v) is 4.70. The summed E-state index contributed by atoms with van der Waals surface area (Å²) in [4.78, 5) is 11.1. The van der Waals surface area contributed by atoms with Gasteiger partial charge in [-0.1, -0.05) is 22.9 Å². The maximum atomic E-state index is 11.1. The van der Waals surface area contributed by atoms with Gasteiger partial charge in [-0.15, -0.1) is 5.10 Å². The molecule has 0 aliphatic heterocycles. The van der Waals surface area contributed by atoms with Crippen LogP contribution in [0.2, 0.25) is 0 Å². The number of hydrogen-bond donors (Lipinski definition) is 2. The van der Waals surface area contributed by atoms with E-state index in [0.29, 0.717) is 18.8 Å². The first-order valence-electron chi connectivity index (χ1n) is 6.61. The monoisotopic (exact) mass is 289 g/mol. The van der Waals surface area contributed by atoms with Crippen molar-refractivity contribution in [1.82, 2.24) is 20.3 Å². The summed E-state index contributed by atoms with van der Waals surface area (Å²) in [5, 5.41) is 10.7. The molecule has 3 N–H and O–H groups in total. The predicted molar refractivity (Wildman–Crippen MR) is 77.8 cm³/mol. The molecule has 1 amide bonds. The third-order valence-corrected chi connectivity index (χ3v) is 3.01. The van der Waals surface area contributed by atoms with Gasteiger partial charge in [-0.05, 0) is 13.0 Å². The van der Waals surface area contributed by atoms with Crippen LogP contribution in [0.1, 0.15) is 16.8 Å². The second-order valence-electron chi connectivity index (χ2n) is 4.70. The summed E-state index contributed by atoms with van der Waals surface area (Å²) in [5.74, 6) is 0.596. The number of nitrogens with zero attached hydrogens (tertiary/aromatic N) is 3. The maximum Gasteiger partial charge on any atom is 0.234 e. The van der Waals surface area contributed by atoms with Gasteiger partial charge >= 0.3 is 0 Å². The number of nitrogens with two attached hydrogens (primary N) is 1. The molecule has 0 radical (unpaired) electrons. The molecule has 0 spiro atoms. The fourth-order valence-electron chi connectivity index (χ4n) is 1.96. The summed E-state index contributed by atoms with van der Waals surface area (Å²) in [6, 6.07) is 5.98.